The van der Waals surface area contributed by atoms with Gasteiger partial charge in [0.15, 0.2) is 0 Å². The summed E-state index contributed by atoms with van der Waals surface area (Å²) < 4.78 is 11.2. The highest BCUT2D eigenvalue weighted by atomic mass is 16.5. The molecule has 25 heavy (non-hydrogen) atoms. The van der Waals surface area contributed by atoms with Crippen LogP contribution in [0.3, 0.4) is 0 Å². The van der Waals surface area contributed by atoms with Crippen LogP contribution in [-0.4, -0.2) is 43.7 Å². The zero-order valence-electron chi connectivity index (χ0n) is 14.5. The Morgan fingerprint density at radius 1 is 1.20 bits per heavy atom. The summed E-state index contributed by atoms with van der Waals surface area (Å²) in [6.45, 7) is 5.37. The molecule has 1 saturated heterocycles. The average molecular weight is 343 g/mol. The van der Waals surface area contributed by atoms with Gasteiger partial charge < -0.3 is 20.2 Å². The number of rotatable bonds is 6. The Morgan fingerprint density at radius 2 is 1.92 bits per heavy atom. The third-order valence-electron chi connectivity index (χ3n) is 4.49. The molecule has 0 spiro atoms. The van der Waals surface area contributed by atoms with E-state index in [1.165, 1.54) is 0 Å². The number of hydrogen-bond acceptors (Lipinski definition) is 5. The molecular weight excluding hydrogens is 318 g/mol. The van der Waals surface area contributed by atoms with E-state index < -0.39 is 6.04 Å². The van der Waals surface area contributed by atoms with Crippen molar-refractivity contribution in [2.45, 2.75) is 19.0 Å². The maximum atomic E-state index is 12.5. The summed E-state index contributed by atoms with van der Waals surface area (Å²) in [6, 6.07) is 12.6. The van der Waals surface area contributed by atoms with Gasteiger partial charge in [-0.3, -0.25) is 9.69 Å². The zero-order valence-corrected chi connectivity index (χ0v) is 14.5. The van der Waals surface area contributed by atoms with Crippen LogP contribution in [0.2, 0.25) is 0 Å². The van der Waals surface area contributed by atoms with Crippen molar-refractivity contribution in [2.24, 2.45) is 5.73 Å². The number of aryl methyl sites for hydroxylation is 1. The first-order chi connectivity index (χ1) is 12.1. The van der Waals surface area contributed by atoms with Crippen LogP contribution in [0.15, 0.2) is 46.9 Å². The second-order valence-electron chi connectivity index (χ2n) is 6.25. The Bertz CT molecular complexity index is 680. The van der Waals surface area contributed by atoms with E-state index >= 15 is 0 Å². The van der Waals surface area contributed by atoms with E-state index in [0.29, 0.717) is 19.8 Å². The maximum Gasteiger partial charge on any atom is 0.241 e. The minimum atomic E-state index is -0.676. The van der Waals surface area contributed by atoms with Crippen LogP contribution in [0.4, 0.5) is 0 Å². The molecule has 2 heterocycles. The number of morpholine rings is 1. The number of ether oxygens (including phenoxy) is 1. The molecule has 0 radical (unpaired) electrons. The normalized spacial score (nSPS) is 17.8. The summed E-state index contributed by atoms with van der Waals surface area (Å²) in [7, 11) is 0. The molecule has 0 bridgehead atoms. The molecule has 2 unspecified atom stereocenters. The van der Waals surface area contributed by atoms with E-state index in [0.717, 1.165) is 30.2 Å². The van der Waals surface area contributed by atoms with Gasteiger partial charge in [-0.25, -0.2) is 0 Å². The van der Waals surface area contributed by atoms with E-state index in [1.807, 2.05) is 49.4 Å². The second kappa shape index (κ2) is 8.29. The first-order valence-electron chi connectivity index (χ1n) is 8.61. The molecule has 2 atom stereocenters. The fraction of sp³-hybridized carbons (Fsp3) is 0.421. The van der Waals surface area contributed by atoms with Crippen molar-refractivity contribution in [3.8, 4) is 0 Å². The van der Waals surface area contributed by atoms with Gasteiger partial charge in [0.1, 0.15) is 17.6 Å². The number of furan rings is 1. The largest absolute Gasteiger partial charge is 0.465 e. The molecular formula is C19H25N3O3. The van der Waals surface area contributed by atoms with Crippen molar-refractivity contribution in [3.63, 3.8) is 0 Å². The van der Waals surface area contributed by atoms with Gasteiger partial charge in [-0.2, -0.15) is 0 Å². The van der Waals surface area contributed by atoms with E-state index in [2.05, 4.69) is 10.2 Å². The summed E-state index contributed by atoms with van der Waals surface area (Å²) in [5, 5.41) is 2.98. The van der Waals surface area contributed by atoms with Crippen LogP contribution in [0.1, 0.15) is 29.2 Å². The first kappa shape index (κ1) is 17.7. The molecule has 1 aliphatic rings. The number of amides is 1. The van der Waals surface area contributed by atoms with Crippen LogP contribution in [-0.2, 0) is 9.53 Å². The fourth-order valence-corrected chi connectivity index (χ4v) is 3.05. The Labute approximate surface area is 147 Å². The lowest BCUT2D eigenvalue weighted by atomic mass is 10.1. The molecule has 134 valence electrons. The molecule has 1 aromatic carbocycles. The number of benzene rings is 1. The molecule has 3 N–H and O–H groups in total. The highest BCUT2D eigenvalue weighted by Crippen LogP contribution is 2.23. The molecule has 0 aliphatic carbocycles. The van der Waals surface area contributed by atoms with Gasteiger partial charge >= 0.3 is 0 Å². The topological polar surface area (TPSA) is 80.7 Å². The molecule has 3 rings (SSSR count). The SMILES string of the molecule is Cc1ccc(C(CNC(=O)C(N)c2ccccc2)N2CCOCC2)o1. The van der Waals surface area contributed by atoms with E-state index in [1.54, 1.807) is 0 Å². The van der Waals surface area contributed by atoms with Gasteiger partial charge in [0.05, 0.1) is 19.3 Å². The van der Waals surface area contributed by atoms with Crippen molar-refractivity contribution >= 4 is 5.91 Å². The van der Waals surface area contributed by atoms with Gasteiger partial charge in [-0.1, -0.05) is 30.3 Å². The lowest BCUT2D eigenvalue weighted by molar-refractivity contribution is -0.122. The standard InChI is InChI=1S/C19H25N3O3/c1-14-7-8-17(25-14)16(22-9-11-24-12-10-22)13-21-19(23)18(20)15-5-3-2-4-6-15/h2-8,16,18H,9-13,20H2,1H3,(H,21,23). The molecule has 1 fully saturated rings. The van der Waals surface area contributed by atoms with Gasteiger partial charge in [0.25, 0.3) is 0 Å². The lowest BCUT2D eigenvalue weighted by Crippen LogP contribution is -2.45. The van der Waals surface area contributed by atoms with Gasteiger partial charge in [-0.05, 0) is 24.6 Å². The molecule has 1 aliphatic heterocycles. The molecule has 0 saturated carbocycles. The van der Waals surface area contributed by atoms with Crippen LogP contribution in [0.25, 0.3) is 0 Å². The number of nitrogens with zero attached hydrogens (tertiary/aromatic N) is 1. The van der Waals surface area contributed by atoms with Gasteiger partial charge in [0.2, 0.25) is 5.91 Å². The summed E-state index contributed by atoms with van der Waals surface area (Å²) in [5.41, 5.74) is 6.88. The number of carbonyl (C=O) groups is 1. The predicted molar refractivity (Wildman–Crippen MR) is 95.0 cm³/mol. The predicted octanol–water partition coefficient (Wildman–Crippen LogP) is 1.78. The van der Waals surface area contributed by atoms with E-state index in [-0.39, 0.29) is 11.9 Å². The Hall–Kier alpha value is -2.15. The van der Waals surface area contributed by atoms with E-state index in [4.69, 9.17) is 14.9 Å². The molecule has 1 amide bonds. The monoisotopic (exact) mass is 343 g/mol. The quantitative estimate of drug-likeness (QED) is 0.836. The smallest absolute Gasteiger partial charge is 0.241 e. The van der Waals surface area contributed by atoms with Crippen molar-refractivity contribution in [2.75, 3.05) is 32.8 Å². The average Bonchev–Trinajstić information content (AvgIpc) is 3.09. The summed E-state index contributed by atoms with van der Waals surface area (Å²) in [5.74, 6) is 1.53. The number of carbonyl (C=O) groups excluding carboxylic acids is 1. The van der Waals surface area contributed by atoms with E-state index in [9.17, 15) is 4.79 Å². The third kappa shape index (κ3) is 4.48. The summed E-state index contributed by atoms with van der Waals surface area (Å²) in [4.78, 5) is 14.7. The lowest BCUT2D eigenvalue weighted by Gasteiger charge is -2.33. The van der Waals surface area contributed by atoms with Crippen LogP contribution >= 0.6 is 0 Å². The molecule has 6 heteroatoms. The van der Waals surface area contributed by atoms with Crippen molar-refractivity contribution in [1.29, 1.82) is 0 Å². The van der Waals surface area contributed by atoms with Crippen molar-refractivity contribution in [1.82, 2.24) is 10.2 Å². The maximum absolute atomic E-state index is 12.5. The zero-order chi connectivity index (χ0) is 17.6. The summed E-state index contributed by atoms with van der Waals surface area (Å²) in [6.07, 6.45) is 0. The fourth-order valence-electron chi connectivity index (χ4n) is 3.05. The van der Waals surface area contributed by atoms with Crippen LogP contribution < -0.4 is 11.1 Å². The minimum absolute atomic E-state index is 0.0236. The summed E-state index contributed by atoms with van der Waals surface area (Å²) >= 11 is 0. The van der Waals surface area contributed by atoms with Crippen molar-refractivity contribution in [3.05, 3.63) is 59.5 Å². The highest BCUT2D eigenvalue weighted by Gasteiger charge is 2.26. The van der Waals surface area contributed by atoms with Crippen molar-refractivity contribution < 1.29 is 13.9 Å². The third-order valence-corrected chi connectivity index (χ3v) is 4.49. The van der Waals surface area contributed by atoms with Crippen LogP contribution in [0, 0.1) is 6.92 Å². The molecule has 6 nitrogen and oxygen atoms in total. The Morgan fingerprint density at radius 3 is 2.56 bits per heavy atom. The molecule has 1 aromatic heterocycles. The number of nitrogens with one attached hydrogen (secondary N) is 1. The number of nitrogens with two attached hydrogens (primary N) is 1. The van der Waals surface area contributed by atoms with Crippen LogP contribution in [0.5, 0.6) is 0 Å². The molecule has 2 aromatic rings. The Kier molecular flexibility index (Phi) is 5.86. The second-order valence-corrected chi connectivity index (χ2v) is 6.25. The van der Waals surface area contributed by atoms with Gasteiger partial charge in [0, 0.05) is 19.6 Å². The Balaban J connectivity index is 1.66. The van der Waals surface area contributed by atoms with Gasteiger partial charge in [-0.15, -0.1) is 0 Å². The highest BCUT2D eigenvalue weighted by molar-refractivity contribution is 5.82. The number of hydrogen-bond donors (Lipinski definition) is 2. The first-order valence-corrected chi connectivity index (χ1v) is 8.61. The minimum Gasteiger partial charge on any atom is -0.465 e.